The summed E-state index contributed by atoms with van der Waals surface area (Å²) in [6, 6.07) is 17.0. The number of nitrogens with two attached hydrogens (primary N) is 1. The second kappa shape index (κ2) is 10.1. The number of nitrogens with one attached hydrogen (secondary N) is 1. The maximum Gasteiger partial charge on any atom is 0.256 e. The van der Waals surface area contributed by atoms with Crippen molar-refractivity contribution in [1.29, 1.82) is 0 Å². The molecule has 1 aliphatic carbocycles. The summed E-state index contributed by atoms with van der Waals surface area (Å²) in [5.74, 6) is -1.09. The second-order valence-corrected chi connectivity index (χ2v) is 11.4. The molecule has 34 heavy (non-hydrogen) atoms. The quantitative estimate of drug-likeness (QED) is 0.492. The Morgan fingerprint density at radius 2 is 1.65 bits per heavy atom. The highest BCUT2D eigenvalue weighted by molar-refractivity contribution is 7.89. The zero-order valence-corrected chi connectivity index (χ0v) is 20.5. The van der Waals surface area contributed by atoms with Gasteiger partial charge in [0.15, 0.2) is 0 Å². The number of hydrogen-bond donors (Lipinski definition) is 2. The monoisotopic (exact) mass is 497 g/mol. The minimum atomic E-state index is -3.64. The van der Waals surface area contributed by atoms with Crippen LogP contribution in [0.3, 0.4) is 0 Å². The number of anilines is 1. The molecule has 3 N–H and O–H groups in total. The molecular weight excluding hydrogens is 470 g/mol. The van der Waals surface area contributed by atoms with Gasteiger partial charge in [0.25, 0.3) is 11.8 Å². The number of carbonyl (C=O) groups is 2. The fourth-order valence-corrected chi connectivity index (χ4v) is 6.65. The average molecular weight is 498 g/mol. The van der Waals surface area contributed by atoms with Gasteiger partial charge in [0.05, 0.1) is 10.5 Å². The number of amides is 2. The van der Waals surface area contributed by atoms with Crippen LogP contribution in [0.5, 0.6) is 0 Å². The van der Waals surface area contributed by atoms with E-state index in [1.165, 1.54) is 39.9 Å². The van der Waals surface area contributed by atoms with E-state index in [0.29, 0.717) is 5.00 Å². The van der Waals surface area contributed by atoms with E-state index in [1.54, 1.807) is 13.1 Å². The molecule has 178 valence electrons. The van der Waals surface area contributed by atoms with E-state index in [0.717, 1.165) is 42.5 Å². The molecule has 0 bridgehead atoms. The van der Waals surface area contributed by atoms with Gasteiger partial charge in [0, 0.05) is 23.5 Å². The van der Waals surface area contributed by atoms with Crippen LogP contribution in [0.1, 0.15) is 52.8 Å². The van der Waals surface area contributed by atoms with Gasteiger partial charge in [-0.15, -0.1) is 11.3 Å². The Bertz CT molecular complexity index is 1280. The molecule has 2 amide bonds. The number of carbonyl (C=O) groups excluding carboxylic acids is 2. The summed E-state index contributed by atoms with van der Waals surface area (Å²) in [5.41, 5.74) is 6.94. The molecule has 0 unspecified atom stereocenters. The van der Waals surface area contributed by atoms with Crippen LogP contribution in [0.15, 0.2) is 65.6 Å². The number of benzene rings is 2. The van der Waals surface area contributed by atoms with Crippen molar-refractivity contribution in [1.82, 2.24) is 4.31 Å². The van der Waals surface area contributed by atoms with Crippen LogP contribution >= 0.6 is 11.3 Å². The Hall–Kier alpha value is -3.01. The van der Waals surface area contributed by atoms with Crippen LogP contribution in [0.25, 0.3) is 10.4 Å². The normalized spacial score (nSPS) is 14.8. The maximum absolute atomic E-state index is 13.0. The molecule has 0 aliphatic heterocycles. The predicted molar refractivity (Wildman–Crippen MR) is 134 cm³/mol. The highest BCUT2D eigenvalue weighted by Gasteiger charge is 2.29. The predicted octanol–water partition coefficient (Wildman–Crippen LogP) is 4.72. The van der Waals surface area contributed by atoms with Crippen molar-refractivity contribution in [3.8, 4) is 10.4 Å². The summed E-state index contributed by atoms with van der Waals surface area (Å²) in [5, 5.41) is 3.10. The minimum Gasteiger partial charge on any atom is -0.366 e. The van der Waals surface area contributed by atoms with Crippen LogP contribution in [0.4, 0.5) is 5.00 Å². The van der Waals surface area contributed by atoms with Gasteiger partial charge in [-0.1, -0.05) is 49.6 Å². The molecule has 1 fully saturated rings. The number of sulfonamides is 1. The average Bonchev–Trinajstić information content (AvgIpc) is 3.29. The SMILES string of the molecule is CN(C1CCCCC1)S(=O)(=O)c1ccc(C(=O)Nc2sc(-c3ccccc3)cc2C(N)=O)cc1. The topological polar surface area (TPSA) is 110 Å². The molecule has 9 heteroatoms. The lowest BCUT2D eigenvalue weighted by atomic mass is 9.96. The zero-order chi connectivity index (χ0) is 24.3. The molecule has 7 nitrogen and oxygen atoms in total. The summed E-state index contributed by atoms with van der Waals surface area (Å²) < 4.78 is 27.5. The van der Waals surface area contributed by atoms with Crippen LogP contribution in [0, 0.1) is 0 Å². The van der Waals surface area contributed by atoms with Crippen molar-refractivity contribution >= 4 is 38.2 Å². The third-order valence-electron chi connectivity index (χ3n) is 6.17. The largest absolute Gasteiger partial charge is 0.366 e. The first-order valence-electron chi connectivity index (χ1n) is 11.2. The fourth-order valence-electron chi connectivity index (χ4n) is 4.17. The van der Waals surface area contributed by atoms with Crippen LogP contribution in [-0.2, 0) is 10.0 Å². The van der Waals surface area contributed by atoms with E-state index < -0.39 is 21.8 Å². The molecule has 1 aliphatic rings. The molecule has 0 spiro atoms. The Morgan fingerprint density at radius 3 is 2.26 bits per heavy atom. The molecule has 1 aromatic heterocycles. The number of rotatable bonds is 7. The standard InChI is InChI=1S/C25H27N3O4S2/c1-28(19-10-6-3-7-11-19)34(31,32)20-14-12-18(13-15-20)24(30)27-25-21(23(26)29)16-22(33-25)17-8-4-2-5-9-17/h2,4-5,8-9,12-16,19H,3,6-7,10-11H2,1H3,(H2,26,29)(H,27,30). The molecule has 1 saturated carbocycles. The Morgan fingerprint density at radius 1 is 1.00 bits per heavy atom. The summed E-state index contributed by atoms with van der Waals surface area (Å²) in [7, 11) is -2.02. The molecule has 0 saturated heterocycles. The van der Waals surface area contributed by atoms with Crippen molar-refractivity contribution < 1.29 is 18.0 Å². The second-order valence-electron chi connectivity index (χ2n) is 8.38. The first kappa shape index (κ1) is 24.1. The molecule has 1 heterocycles. The van der Waals surface area contributed by atoms with Crippen molar-refractivity contribution in [2.45, 2.75) is 43.0 Å². The van der Waals surface area contributed by atoms with Crippen molar-refractivity contribution in [3.63, 3.8) is 0 Å². The third-order valence-corrected chi connectivity index (χ3v) is 9.19. The van der Waals surface area contributed by atoms with Crippen molar-refractivity contribution in [2.24, 2.45) is 5.73 Å². The summed E-state index contributed by atoms with van der Waals surface area (Å²) >= 11 is 1.26. The molecule has 0 radical (unpaired) electrons. The van der Waals surface area contributed by atoms with Crippen LogP contribution < -0.4 is 11.1 Å². The minimum absolute atomic E-state index is 0.00610. The number of hydrogen-bond acceptors (Lipinski definition) is 5. The Balaban J connectivity index is 1.52. The lowest BCUT2D eigenvalue weighted by Crippen LogP contribution is -2.38. The van der Waals surface area contributed by atoms with E-state index >= 15 is 0 Å². The summed E-state index contributed by atoms with van der Waals surface area (Å²) in [4.78, 5) is 25.8. The fraction of sp³-hybridized carbons (Fsp3) is 0.280. The Kier molecular flexibility index (Phi) is 7.16. The zero-order valence-electron chi connectivity index (χ0n) is 18.9. The summed E-state index contributed by atoms with van der Waals surface area (Å²) in [6.45, 7) is 0. The highest BCUT2D eigenvalue weighted by atomic mass is 32.2. The van der Waals surface area contributed by atoms with Crippen LogP contribution in [0.2, 0.25) is 0 Å². The van der Waals surface area contributed by atoms with Crippen molar-refractivity contribution in [2.75, 3.05) is 12.4 Å². The third kappa shape index (κ3) is 5.06. The van der Waals surface area contributed by atoms with Gasteiger partial charge in [-0.05, 0) is 48.7 Å². The maximum atomic E-state index is 13.0. The molecular formula is C25H27N3O4S2. The smallest absolute Gasteiger partial charge is 0.256 e. The van der Waals surface area contributed by atoms with E-state index in [-0.39, 0.29) is 22.1 Å². The first-order chi connectivity index (χ1) is 16.3. The van der Waals surface area contributed by atoms with Gasteiger partial charge in [0.1, 0.15) is 5.00 Å². The molecule has 3 aromatic rings. The van der Waals surface area contributed by atoms with Crippen molar-refractivity contribution in [3.05, 3.63) is 71.8 Å². The van der Waals surface area contributed by atoms with Gasteiger partial charge in [0.2, 0.25) is 10.0 Å². The van der Waals surface area contributed by atoms with Gasteiger partial charge in [-0.3, -0.25) is 9.59 Å². The summed E-state index contributed by atoms with van der Waals surface area (Å²) in [6.07, 6.45) is 4.94. The van der Waals surface area contributed by atoms with E-state index in [1.807, 2.05) is 30.3 Å². The number of nitrogens with zero attached hydrogens (tertiary/aromatic N) is 1. The highest BCUT2D eigenvalue weighted by Crippen LogP contribution is 2.35. The van der Waals surface area contributed by atoms with Gasteiger partial charge < -0.3 is 11.1 Å². The lowest BCUT2D eigenvalue weighted by molar-refractivity contribution is 0.100. The van der Waals surface area contributed by atoms with E-state index in [2.05, 4.69) is 5.32 Å². The molecule has 4 rings (SSSR count). The van der Waals surface area contributed by atoms with E-state index in [4.69, 9.17) is 5.73 Å². The van der Waals surface area contributed by atoms with Crippen LogP contribution in [-0.4, -0.2) is 37.6 Å². The first-order valence-corrected chi connectivity index (χ1v) is 13.4. The molecule has 2 aromatic carbocycles. The number of primary amides is 1. The number of thiophene rings is 1. The van der Waals surface area contributed by atoms with Gasteiger partial charge in [-0.2, -0.15) is 4.31 Å². The van der Waals surface area contributed by atoms with E-state index in [9.17, 15) is 18.0 Å². The van der Waals surface area contributed by atoms with Gasteiger partial charge >= 0.3 is 0 Å². The Labute approximate surface area is 203 Å². The molecule has 0 atom stereocenters. The van der Waals surface area contributed by atoms with Gasteiger partial charge in [-0.25, -0.2) is 8.42 Å². The lowest BCUT2D eigenvalue weighted by Gasteiger charge is -2.30.